The third kappa shape index (κ3) is 2.15. The monoisotopic (exact) mass is 240 g/mol. The first-order valence-corrected chi connectivity index (χ1v) is 6.97. The summed E-state index contributed by atoms with van der Waals surface area (Å²) >= 11 is 0. The molecule has 18 heavy (non-hydrogen) atoms. The molecule has 0 aliphatic carbocycles. The first-order valence-electron chi connectivity index (χ1n) is 6.97. The number of hydrogen-bond acceptors (Lipinski definition) is 2. The van der Waals surface area contributed by atoms with Gasteiger partial charge in [-0.05, 0) is 38.2 Å². The molecule has 2 heterocycles. The lowest BCUT2D eigenvalue weighted by Crippen LogP contribution is -2.41. The Kier molecular flexibility index (Phi) is 3.09. The highest BCUT2D eigenvalue weighted by molar-refractivity contribution is 5.21. The smallest absolute Gasteiger partial charge is 0.0657 e. The highest BCUT2D eigenvalue weighted by atomic mass is 15.2. The van der Waals surface area contributed by atoms with Crippen LogP contribution in [0.3, 0.4) is 0 Å². The van der Waals surface area contributed by atoms with Crippen LogP contribution in [0.4, 0.5) is 0 Å². The third-order valence-corrected chi connectivity index (χ3v) is 4.55. The van der Waals surface area contributed by atoms with Crippen LogP contribution >= 0.6 is 0 Å². The van der Waals surface area contributed by atoms with Crippen molar-refractivity contribution in [3.8, 4) is 6.07 Å². The summed E-state index contributed by atoms with van der Waals surface area (Å²) < 4.78 is 0. The van der Waals surface area contributed by atoms with Gasteiger partial charge in [0.1, 0.15) is 0 Å². The lowest BCUT2D eigenvalue weighted by molar-refractivity contribution is 0.113. The van der Waals surface area contributed by atoms with E-state index in [0.717, 1.165) is 19.4 Å². The maximum absolute atomic E-state index is 9.09. The normalized spacial score (nSPS) is 31.2. The molecule has 2 saturated heterocycles. The molecule has 0 aromatic heterocycles. The van der Waals surface area contributed by atoms with Crippen molar-refractivity contribution in [3.05, 3.63) is 35.4 Å². The maximum atomic E-state index is 9.09. The number of aryl methyl sites for hydroxylation is 1. The summed E-state index contributed by atoms with van der Waals surface area (Å²) in [4.78, 5) is 2.64. The van der Waals surface area contributed by atoms with Crippen LogP contribution in [0.15, 0.2) is 24.3 Å². The van der Waals surface area contributed by atoms with Crippen LogP contribution in [-0.2, 0) is 6.54 Å². The number of nitriles is 1. The van der Waals surface area contributed by atoms with Crippen molar-refractivity contribution in [3.63, 3.8) is 0 Å². The standard InChI is InChI=1S/C16H20N2/c1-12-2-4-13(5-3-12)11-18-15-6-7-16(18)9-14(8-15)10-17/h2-5,14-16H,6-9,11H2,1H3. The third-order valence-electron chi connectivity index (χ3n) is 4.55. The Labute approximate surface area is 109 Å². The van der Waals surface area contributed by atoms with E-state index in [2.05, 4.69) is 42.2 Å². The second-order valence-corrected chi connectivity index (χ2v) is 5.84. The highest BCUT2D eigenvalue weighted by Gasteiger charge is 2.40. The molecule has 94 valence electrons. The lowest BCUT2D eigenvalue weighted by atomic mass is 9.91. The number of nitrogens with zero attached hydrogens (tertiary/aromatic N) is 2. The molecule has 2 fully saturated rings. The zero-order chi connectivity index (χ0) is 12.5. The average molecular weight is 240 g/mol. The summed E-state index contributed by atoms with van der Waals surface area (Å²) in [6.45, 7) is 3.19. The minimum Gasteiger partial charge on any atom is -0.293 e. The van der Waals surface area contributed by atoms with Crippen molar-refractivity contribution >= 4 is 0 Å². The van der Waals surface area contributed by atoms with Gasteiger partial charge in [-0.1, -0.05) is 29.8 Å². The summed E-state index contributed by atoms with van der Waals surface area (Å²) in [6, 6.07) is 12.6. The topological polar surface area (TPSA) is 27.0 Å². The molecule has 1 aromatic carbocycles. The van der Waals surface area contributed by atoms with E-state index in [0.29, 0.717) is 18.0 Å². The Balaban J connectivity index is 1.71. The molecule has 1 aromatic rings. The minimum absolute atomic E-state index is 0.303. The largest absolute Gasteiger partial charge is 0.293 e. The van der Waals surface area contributed by atoms with Crippen LogP contribution in [0.1, 0.15) is 36.8 Å². The van der Waals surface area contributed by atoms with Crippen LogP contribution < -0.4 is 0 Å². The Morgan fingerprint density at radius 2 is 1.78 bits per heavy atom. The molecule has 2 aliphatic rings. The number of piperidine rings is 1. The first kappa shape index (κ1) is 11.7. The van der Waals surface area contributed by atoms with E-state index in [1.807, 2.05) is 0 Å². The fraction of sp³-hybridized carbons (Fsp3) is 0.562. The first-order chi connectivity index (χ1) is 8.76. The Morgan fingerprint density at radius 1 is 1.17 bits per heavy atom. The van der Waals surface area contributed by atoms with Gasteiger partial charge in [0.2, 0.25) is 0 Å². The Bertz CT molecular complexity index is 443. The summed E-state index contributed by atoms with van der Waals surface area (Å²) in [6.07, 6.45) is 4.74. The highest BCUT2D eigenvalue weighted by Crippen LogP contribution is 2.39. The molecule has 2 unspecified atom stereocenters. The average Bonchev–Trinajstić information content (AvgIpc) is 2.63. The molecule has 2 bridgehead atoms. The predicted molar refractivity (Wildman–Crippen MR) is 71.9 cm³/mol. The van der Waals surface area contributed by atoms with E-state index in [4.69, 9.17) is 5.26 Å². The van der Waals surface area contributed by atoms with Crippen LogP contribution in [0, 0.1) is 24.2 Å². The van der Waals surface area contributed by atoms with Gasteiger partial charge in [0.15, 0.2) is 0 Å². The molecule has 2 atom stereocenters. The van der Waals surface area contributed by atoms with Crippen LogP contribution in [0.5, 0.6) is 0 Å². The Morgan fingerprint density at radius 3 is 2.33 bits per heavy atom. The zero-order valence-corrected chi connectivity index (χ0v) is 11.0. The number of benzene rings is 1. The molecule has 2 heteroatoms. The van der Waals surface area contributed by atoms with E-state index >= 15 is 0 Å². The van der Waals surface area contributed by atoms with Gasteiger partial charge >= 0.3 is 0 Å². The van der Waals surface area contributed by atoms with Crippen molar-refractivity contribution in [2.24, 2.45) is 5.92 Å². The minimum atomic E-state index is 0.303. The zero-order valence-electron chi connectivity index (χ0n) is 11.0. The molecule has 2 aliphatic heterocycles. The van der Waals surface area contributed by atoms with Crippen molar-refractivity contribution in [2.75, 3.05) is 0 Å². The quantitative estimate of drug-likeness (QED) is 0.793. The van der Waals surface area contributed by atoms with Crippen LogP contribution in [-0.4, -0.2) is 17.0 Å². The molecule has 0 radical (unpaired) electrons. The molecular weight excluding hydrogens is 220 g/mol. The number of fused-ring (bicyclic) bond motifs is 2. The van der Waals surface area contributed by atoms with Gasteiger partial charge < -0.3 is 0 Å². The molecule has 0 saturated carbocycles. The predicted octanol–water partition coefficient (Wildman–Crippen LogP) is 3.26. The van der Waals surface area contributed by atoms with Crippen molar-refractivity contribution in [2.45, 2.75) is 51.2 Å². The van der Waals surface area contributed by atoms with Gasteiger partial charge in [-0.3, -0.25) is 4.90 Å². The molecule has 2 nitrogen and oxygen atoms in total. The summed E-state index contributed by atoms with van der Waals surface area (Å²) in [7, 11) is 0. The number of rotatable bonds is 2. The molecule has 0 N–H and O–H groups in total. The van der Waals surface area contributed by atoms with Gasteiger partial charge in [0.05, 0.1) is 6.07 Å². The number of hydrogen-bond donors (Lipinski definition) is 0. The van der Waals surface area contributed by atoms with Crippen molar-refractivity contribution < 1.29 is 0 Å². The van der Waals surface area contributed by atoms with Crippen molar-refractivity contribution in [1.82, 2.24) is 4.90 Å². The van der Waals surface area contributed by atoms with Gasteiger partial charge in [0, 0.05) is 24.5 Å². The van der Waals surface area contributed by atoms with Gasteiger partial charge in [-0.2, -0.15) is 5.26 Å². The molecular formula is C16H20N2. The lowest BCUT2D eigenvalue weighted by Gasteiger charge is -2.36. The molecule has 0 spiro atoms. The fourth-order valence-corrected chi connectivity index (χ4v) is 3.54. The van der Waals surface area contributed by atoms with Crippen molar-refractivity contribution in [1.29, 1.82) is 5.26 Å². The SMILES string of the molecule is Cc1ccc(CN2C3CCC2CC(C#N)C3)cc1. The van der Waals surface area contributed by atoms with E-state index in [1.54, 1.807) is 0 Å². The van der Waals surface area contributed by atoms with Crippen LogP contribution in [0.25, 0.3) is 0 Å². The Hall–Kier alpha value is -1.33. The van der Waals surface area contributed by atoms with E-state index in [1.165, 1.54) is 24.0 Å². The van der Waals surface area contributed by atoms with Gasteiger partial charge in [-0.15, -0.1) is 0 Å². The molecule has 3 rings (SSSR count). The van der Waals surface area contributed by atoms with E-state index in [-0.39, 0.29) is 0 Å². The summed E-state index contributed by atoms with van der Waals surface area (Å²) in [5.41, 5.74) is 2.73. The maximum Gasteiger partial charge on any atom is 0.0657 e. The second kappa shape index (κ2) is 4.74. The van der Waals surface area contributed by atoms with Gasteiger partial charge in [0.25, 0.3) is 0 Å². The summed E-state index contributed by atoms with van der Waals surface area (Å²) in [5, 5.41) is 9.09. The van der Waals surface area contributed by atoms with Crippen LogP contribution in [0.2, 0.25) is 0 Å². The van der Waals surface area contributed by atoms with E-state index in [9.17, 15) is 0 Å². The van der Waals surface area contributed by atoms with E-state index < -0.39 is 0 Å². The molecule has 0 amide bonds. The van der Waals surface area contributed by atoms with Gasteiger partial charge in [-0.25, -0.2) is 0 Å². The summed E-state index contributed by atoms with van der Waals surface area (Å²) in [5.74, 6) is 0.303. The second-order valence-electron chi connectivity index (χ2n) is 5.84. The fourth-order valence-electron chi connectivity index (χ4n) is 3.54.